The summed E-state index contributed by atoms with van der Waals surface area (Å²) in [6, 6.07) is 0. The predicted octanol–water partition coefficient (Wildman–Crippen LogP) is 22.8. The Morgan fingerprint density at radius 3 is 0.870 bits per heavy atom. The Kier molecular flexibility index (Phi) is 70.4. The number of phosphoric acid groups is 2. The van der Waals surface area contributed by atoms with Crippen molar-refractivity contribution in [3.8, 4) is 0 Å². The highest BCUT2D eigenvalue weighted by atomic mass is 31.2. The molecule has 0 fully saturated rings. The molecule has 0 rings (SSSR count). The molecule has 0 saturated carbocycles. The number of esters is 4. The van der Waals surface area contributed by atoms with Gasteiger partial charge in [0.2, 0.25) is 0 Å². The number of carbonyl (C=O) groups excluding carboxylic acids is 4. The summed E-state index contributed by atoms with van der Waals surface area (Å²) in [7, 11) is -9.97. The first-order valence-corrected chi connectivity index (χ1v) is 42.5. The fourth-order valence-electron chi connectivity index (χ4n) is 10.5. The molecule has 0 aromatic rings. The second-order valence-electron chi connectivity index (χ2n) is 26.3. The van der Waals surface area contributed by atoms with Crippen LogP contribution in [-0.4, -0.2) is 96.7 Å². The monoisotopic (exact) mass is 1450 g/mol. The Balaban J connectivity index is 5.38. The van der Waals surface area contributed by atoms with Crippen LogP contribution < -0.4 is 0 Å². The fourth-order valence-corrected chi connectivity index (χ4v) is 12.1. The highest BCUT2D eigenvalue weighted by molar-refractivity contribution is 7.47. The largest absolute Gasteiger partial charge is 0.472 e. The van der Waals surface area contributed by atoms with Crippen molar-refractivity contribution in [2.24, 2.45) is 0 Å². The summed E-state index contributed by atoms with van der Waals surface area (Å²) in [4.78, 5) is 72.9. The zero-order valence-corrected chi connectivity index (χ0v) is 64.9. The molecule has 0 saturated heterocycles. The van der Waals surface area contributed by atoms with E-state index in [-0.39, 0.29) is 25.7 Å². The van der Waals surface area contributed by atoms with E-state index < -0.39 is 97.5 Å². The molecule has 0 radical (unpaired) electrons. The summed E-state index contributed by atoms with van der Waals surface area (Å²) in [6.07, 6.45) is 76.9. The lowest BCUT2D eigenvalue weighted by molar-refractivity contribution is -0.161. The lowest BCUT2D eigenvalue weighted by Gasteiger charge is -2.21. The first-order chi connectivity index (χ1) is 48.7. The van der Waals surface area contributed by atoms with Crippen molar-refractivity contribution >= 4 is 39.5 Å². The summed E-state index contributed by atoms with van der Waals surface area (Å²) in [5, 5.41) is 10.6. The summed E-state index contributed by atoms with van der Waals surface area (Å²) in [5.74, 6) is -2.27. The molecule has 17 nitrogen and oxygen atoms in total. The zero-order valence-electron chi connectivity index (χ0n) is 63.1. The molecule has 2 unspecified atom stereocenters. The number of hydrogen-bond donors (Lipinski definition) is 3. The predicted molar refractivity (Wildman–Crippen MR) is 409 cm³/mol. The summed E-state index contributed by atoms with van der Waals surface area (Å²) in [6.45, 7) is 4.66. The van der Waals surface area contributed by atoms with Crippen LogP contribution in [0.5, 0.6) is 0 Å². The lowest BCUT2D eigenvalue weighted by Crippen LogP contribution is -2.30. The maximum Gasteiger partial charge on any atom is 0.472 e. The van der Waals surface area contributed by atoms with E-state index in [4.69, 9.17) is 37.0 Å². The third-order valence-corrected chi connectivity index (χ3v) is 18.4. The fraction of sp³-hybridized carbons (Fsp3) is 0.753. The highest BCUT2D eigenvalue weighted by Crippen LogP contribution is 2.45. The van der Waals surface area contributed by atoms with Gasteiger partial charge in [-0.2, -0.15) is 0 Å². The van der Waals surface area contributed by atoms with Gasteiger partial charge in [0, 0.05) is 25.7 Å². The molecule has 100 heavy (non-hydrogen) atoms. The minimum Gasteiger partial charge on any atom is -0.462 e. The molecule has 0 aromatic heterocycles. The molecule has 0 aromatic carbocycles. The minimum atomic E-state index is -4.99. The van der Waals surface area contributed by atoms with Gasteiger partial charge in [0.15, 0.2) is 12.2 Å². The number of aliphatic hydroxyl groups excluding tert-OH is 1. The number of phosphoric ester groups is 2. The molecule has 19 heteroatoms. The number of carbonyl (C=O) groups is 4. The van der Waals surface area contributed by atoms with Crippen molar-refractivity contribution in [2.45, 2.75) is 354 Å². The third kappa shape index (κ3) is 72.3. The first kappa shape index (κ1) is 96.0. The molecular weight excluding hydrogens is 1310 g/mol. The standard InChI is InChI=1S/C81H142O17P2/c1-5-9-13-17-21-25-29-33-35-36-37-38-40-44-46-50-54-58-62-66-79(84)92-72-77(98-81(86)68-64-60-56-52-48-42-32-28-24-20-16-12-8-4)74-96-100(89,90)94-70-75(82)69-93-99(87,88)95-73-76(97-80(85)67-63-59-55-51-47-41-31-27-23-19-15-11-7-3)71-91-78(83)65-61-57-53-49-45-43-39-34-30-26-22-18-14-10-6-2/h9,13,21,25,27-28,31-33,35,37-38,44,46,54,58,75-77,82H,5-8,10-12,14-20,22-24,26,29-30,34,36,39-43,45,47-53,55-57,59-74H2,1-4H3,(H,87,88)(H,89,90)/b13-9-,25-21-,31-27-,32-28-,35-33-,38-37-,46-44-,58-54-/t75-,76+,77+/m0/s1. The third-order valence-electron chi connectivity index (χ3n) is 16.5. The molecule has 0 aliphatic heterocycles. The van der Waals surface area contributed by atoms with Crippen molar-refractivity contribution < 1.29 is 80.2 Å². The van der Waals surface area contributed by atoms with E-state index in [0.717, 1.165) is 128 Å². The minimum absolute atomic E-state index is 0.0349. The van der Waals surface area contributed by atoms with Crippen molar-refractivity contribution in [2.75, 3.05) is 39.6 Å². The van der Waals surface area contributed by atoms with Crippen LogP contribution in [0.25, 0.3) is 0 Å². The average molecular weight is 1450 g/mol. The van der Waals surface area contributed by atoms with Gasteiger partial charge in [-0.3, -0.25) is 37.3 Å². The molecule has 0 amide bonds. The number of allylic oxidation sites excluding steroid dienone is 16. The van der Waals surface area contributed by atoms with Crippen LogP contribution in [0.1, 0.15) is 336 Å². The van der Waals surface area contributed by atoms with Crippen LogP contribution >= 0.6 is 15.6 Å². The molecule has 0 spiro atoms. The molecule has 578 valence electrons. The summed E-state index contributed by atoms with van der Waals surface area (Å²) < 4.78 is 68.4. The summed E-state index contributed by atoms with van der Waals surface area (Å²) >= 11 is 0. The maximum absolute atomic E-state index is 13.1. The van der Waals surface area contributed by atoms with E-state index in [0.29, 0.717) is 32.1 Å². The maximum atomic E-state index is 13.1. The van der Waals surface area contributed by atoms with Gasteiger partial charge in [-0.25, -0.2) is 9.13 Å². The van der Waals surface area contributed by atoms with E-state index >= 15 is 0 Å². The number of hydrogen-bond acceptors (Lipinski definition) is 15. The Bertz CT molecular complexity index is 2270. The Morgan fingerprint density at radius 1 is 0.290 bits per heavy atom. The van der Waals surface area contributed by atoms with Crippen LogP contribution in [0.2, 0.25) is 0 Å². The second-order valence-corrected chi connectivity index (χ2v) is 29.2. The topological polar surface area (TPSA) is 237 Å². The second kappa shape index (κ2) is 73.3. The van der Waals surface area contributed by atoms with Crippen molar-refractivity contribution in [1.82, 2.24) is 0 Å². The van der Waals surface area contributed by atoms with Gasteiger partial charge in [0.1, 0.15) is 19.3 Å². The number of ether oxygens (including phenoxy) is 4. The lowest BCUT2D eigenvalue weighted by atomic mass is 10.0. The Hall–Kier alpha value is -4.02. The van der Waals surface area contributed by atoms with E-state index in [1.165, 1.54) is 122 Å². The first-order valence-electron chi connectivity index (χ1n) is 39.5. The normalized spacial score (nSPS) is 14.4. The molecule has 5 atom stereocenters. The molecule has 0 bridgehead atoms. The zero-order chi connectivity index (χ0) is 73.2. The van der Waals surface area contributed by atoms with Gasteiger partial charge in [-0.05, 0) is 116 Å². The van der Waals surface area contributed by atoms with Crippen molar-refractivity contribution in [3.63, 3.8) is 0 Å². The smallest absolute Gasteiger partial charge is 0.462 e. The molecular formula is C81H142O17P2. The van der Waals surface area contributed by atoms with Gasteiger partial charge in [-0.1, -0.05) is 292 Å². The molecule has 0 heterocycles. The molecule has 3 N–H and O–H groups in total. The van der Waals surface area contributed by atoms with Gasteiger partial charge in [0.05, 0.1) is 26.4 Å². The highest BCUT2D eigenvalue weighted by Gasteiger charge is 2.30. The number of rotatable bonds is 74. The Labute approximate surface area is 607 Å². The SMILES string of the molecule is CC/C=C\C/C=C\C/C=C\C/C=C\C/C=C\C/C=C\CCC(=O)OC[C@H](COP(=O)(O)OC[C@@H](O)COP(=O)(O)OC[C@@H](COC(=O)CCCCCCCCCCCCCCCCC)OC(=O)CCCCCCC/C=C\CCCCCC)OC(=O)CCCCCCC/C=C\CCCCCC. The van der Waals surface area contributed by atoms with Crippen LogP contribution in [0.3, 0.4) is 0 Å². The number of aliphatic hydroxyl groups is 1. The Morgan fingerprint density at radius 2 is 0.540 bits per heavy atom. The molecule has 0 aliphatic carbocycles. The van der Waals surface area contributed by atoms with Crippen LogP contribution in [0, 0.1) is 0 Å². The summed E-state index contributed by atoms with van der Waals surface area (Å²) in [5.41, 5.74) is 0. The quantitative estimate of drug-likeness (QED) is 0.0169. The van der Waals surface area contributed by atoms with Crippen LogP contribution in [-0.2, 0) is 65.4 Å². The van der Waals surface area contributed by atoms with E-state index in [1.54, 1.807) is 0 Å². The van der Waals surface area contributed by atoms with Gasteiger partial charge in [-0.15, -0.1) is 0 Å². The van der Waals surface area contributed by atoms with Crippen molar-refractivity contribution in [3.05, 3.63) is 97.2 Å². The van der Waals surface area contributed by atoms with Gasteiger partial charge >= 0.3 is 39.5 Å². The van der Waals surface area contributed by atoms with E-state index in [9.17, 15) is 43.2 Å². The van der Waals surface area contributed by atoms with Gasteiger partial charge < -0.3 is 33.8 Å². The molecule has 0 aliphatic rings. The van der Waals surface area contributed by atoms with E-state index in [2.05, 4.69) is 107 Å². The van der Waals surface area contributed by atoms with Crippen molar-refractivity contribution in [1.29, 1.82) is 0 Å². The average Bonchev–Trinajstić information content (AvgIpc) is 0.935. The van der Waals surface area contributed by atoms with Gasteiger partial charge in [0.25, 0.3) is 0 Å². The number of unbranched alkanes of at least 4 members (excludes halogenated alkanes) is 32. The van der Waals surface area contributed by atoms with Crippen LogP contribution in [0.4, 0.5) is 0 Å². The van der Waals surface area contributed by atoms with E-state index in [1.807, 2.05) is 18.2 Å². The van der Waals surface area contributed by atoms with Crippen LogP contribution in [0.15, 0.2) is 97.2 Å².